The number of hydrogen-bond acceptors (Lipinski definition) is 5. The monoisotopic (exact) mass is 351 g/mol. The summed E-state index contributed by atoms with van der Waals surface area (Å²) >= 11 is 1.52. The van der Waals surface area contributed by atoms with E-state index in [0.29, 0.717) is 17.9 Å². The van der Waals surface area contributed by atoms with E-state index in [1.54, 1.807) is 32.2 Å². The molecule has 0 saturated carbocycles. The van der Waals surface area contributed by atoms with Crippen LogP contribution in [-0.2, 0) is 17.6 Å². The first-order valence-corrected chi connectivity index (χ1v) is 8.48. The van der Waals surface area contributed by atoms with Crippen LogP contribution in [-0.4, -0.2) is 32.1 Å². The Bertz CT molecular complexity index is 720. The Morgan fingerprint density at radius 2 is 2.17 bits per heavy atom. The summed E-state index contributed by atoms with van der Waals surface area (Å²) < 4.78 is 7.48. The smallest absolute Gasteiger partial charge is 0.303 e. The van der Waals surface area contributed by atoms with Gasteiger partial charge in [0.25, 0.3) is 5.91 Å². The fraction of sp³-hybridized carbons (Fsp3) is 0.438. The SMILES string of the molecule is Cn1ccnc1SCc1ccc(C(=O)NC(C)(C)CCC(=O)O)o1. The molecule has 2 N–H and O–H groups in total. The molecule has 0 spiro atoms. The molecule has 0 bridgehead atoms. The van der Waals surface area contributed by atoms with Crippen LogP contribution < -0.4 is 5.32 Å². The second-order valence-corrected chi connectivity index (χ2v) is 7.05. The Labute approximate surface area is 144 Å². The number of aryl methyl sites for hydroxylation is 1. The van der Waals surface area contributed by atoms with Crippen LogP contribution in [0.3, 0.4) is 0 Å². The molecule has 24 heavy (non-hydrogen) atoms. The number of hydrogen-bond donors (Lipinski definition) is 2. The molecule has 130 valence electrons. The Balaban J connectivity index is 1.90. The van der Waals surface area contributed by atoms with Gasteiger partial charge in [-0.1, -0.05) is 11.8 Å². The van der Waals surface area contributed by atoms with Crippen molar-refractivity contribution in [3.05, 3.63) is 36.0 Å². The fourth-order valence-corrected chi connectivity index (χ4v) is 2.88. The number of rotatable bonds is 8. The molecule has 1 amide bonds. The van der Waals surface area contributed by atoms with Crippen molar-refractivity contribution < 1.29 is 19.1 Å². The van der Waals surface area contributed by atoms with Crippen LogP contribution in [0.1, 0.15) is 43.0 Å². The molecule has 0 aliphatic rings. The molecule has 2 heterocycles. The minimum Gasteiger partial charge on any atom is -0.481 e. The van der Waals surface area contributed by atoms with E-state index in [-0.39, 0.29) is 18.1 Å². The van der Waals surface area contributed by atoms with Gasteiger partial charge >= 0.3 is 5.97 Å². The van der Waals surface area contributed by atoms with Crippen LogP contribution in [0.5, 0.6) is 0 Å². The van der Waals surface area contributed by atoms with Gasteiger partial charge < -0.3 is 19.4 Å². The molecule has 7 nitrogen and oxygen atoms in total. The van der Waals surface area contributed by atoms with Crippen molar-refractivity contribution in [1.82, 2.24) is 14.9 Å². The highest BCUT2D eigenvalue weighted by Crippen LogP contribution is 2.22. The van der Waals surface area contributed by atoms with Gasteiger partial charge in [0.2, 0.25) is 0 Å². The van der Waals surface area contributed by atoms with E-state index in [1.807, 2.05) is 17.8 Å². The number of imidazole rings is 1. The second-order valence-electron chi connectivity index (χ2n) is 6.11. The van der Waals surface area contributed by atoms with Crippen LogP contribution in [0.25, 0.3) is 0 Å². The van der Waals surface area contributed by atoms with Crippen LogP contribution in [0, 0.1) is 0 Å². The molecule has 2 aromatic heterocycles. The zero-order valence-electron chi connectivity index (χ0n) is 13.9. The number of carbonyl (C=O) groups is 2. The van der Waals surface area contributed by atoms with Crippen molar-refractivity contribution >= 4 is 23.6 Å². The van der Waals surface area contributed by atoms with Crippen molar-refractivity contribution in [1.29, 1.82) is 0 Å². The lowest BCUT2D eigenvalue weighted by atomic mass is 9.98. The lowest BCUT2D eigenvalue weighted by Gasteiger charge is -2.24. The average Bonchev–Trinajstić information content (AvgIpc) is 3.12. The van der Waals surface area contributed by atoms with E-state index < -0.39 is 11.5 Å². The van der Waals surface area contributed by atoms with E-state index in [2.05, 4.69) is 10.3 Å². The summed E-state index contributed by atoms with van der Waals surface area (Å²) in [5, 5.41) is 12.4. The lowest BCUT2D eigenvalue weighted by molar-refractivity contribution is -0.137. The molecule has 0 aromatic carbocycles. The quantitative estimate of drug-likeness (QED) is 0.710. The summed E-state index contributed by atoms with van der Waals surface area (Å²) in [5.74, 6) is 0.230. The van der Waals surface area contributed by atoms with E-state index in [9.17, 15) is 9.59 Å². The molecule has 0 aliphatic heterocycles. The van der Waals surface area contributed by atoms with Gasteiger partial charge in [-0.25, -0.2) is 4.98 Å². The average molecular weight is 351 g/mol. The molecule has 0 unspecified atom stereocenters. The molecular formula is C16H21N3O4S. The highest BCUT2D eigenvalue weighted by molar-refractivity contribution is 7.98. The number of aromatic nitrogens is 2. The van der Waals surface area contributed by atoms with Crippen LogP contribution >= 0.6 is 11.8 Å². The van der Waals surface area contributed by atoms with Gasteiger partial charge in [0.15, 0.2) is 10.9 Å². The maximum atomic E-state index is 12.2. The summed E-state index contributed by atoms with van der Waals surface area (Å²) in [6.07, 6.45) is 3.93. The Morgan fingerprint density at radius 3 is 2.79 bits per heavy atom. The highest BCUT2D eigenvalue weighted by atomic mass is 32.2. The number of aliphatic carboxylic acids is 1. The zero-order valence-corrected chi connectivity index (χ0v) is 14.7. The number of carbonyl (C=O) groups excluding carboxylic acids is 1. The number of amides is 1. The molecule has 0 atom stereocenters. The van der Waals surface area contributed by atoms with Gasteiger partial charge in [0.1, 0.15) is 5.76 Å². The number of furan rings is 1. The zero-order chi connectivity index (χ0) is 17.7. The van der Waals surface area contributed by atoms with E-state index in [1.165, 1.54) is 11.8 Å². The molecule has 2 rings (SSSR count). The number of nitrogens with one attached hydrogen (secondary N) is 1. The number of carboxylic acid groups (broad SMARTS) is 1. The third kappa shape index (κ3) is 5.16. The topological polar surface area (TPSA) is 97.4 Å². The first-order valence-electron chi connectivity index (χ1n) is 7.50. The Hall–Kier alpha value is -2.22. The maximum absolute atomic E-state index is 12.2. The third-order valence-corrected chi connectivity index (χ3v) is 4.50. The fourth-order valence-electron chi connectivity index (χ4n) is 2.06. The molecular weight excluding hydrogens is 330 g/mol. The number of thioether (sulfide) groups is 1. The van der Waals surface area contributed by atoms with Crippen molar-refractivity contribution in [3.8, 4) is 0 Å². The molecule has 0 fully saturated rings. The first-order chi connectivity index (χ1) is 11.3. The van der Waals surface area contributed by atoms with Crippen molar-refractivity contribution in [2.45, 2.75) is 43.1 Å². The summed E-state index contributed by atoms with van der Waals surface area (Å²) in [6, 6.07) is 3.38. The Kier molecular flexibility index (Phi) is 5.71. The van der Waals surface area contributed by atoms with Gasteiger partial charge in [-0.2, -0.15) is 0 Å². The largest absolute Gasteiger partial charge is 0.481 e. The molecule has 0 radical (unpaired) electrons. The minimum atomic E-state index is -0.885. The van der Waals surface area contributed by atoms with Gasteiger partial charge in [0, 0.05) is 31.4 Å². The summed E-state index contributed by atoms with van der Waals surface area (Å²) in [6.45, 7) is 3.57. The standard InChI is InChI=1S/C16H21N3O4S/c1-16(2,7-6-13(20)21)18-14(22)12-5-4-11(23-12)10-24-15-17-8-9-19(15)3/h4-5,8-9H,6-7,10H2,1-3H3,(H,18,22)(H,20,21). The molecule has 0 aliphatic carbocycles. The predicted octanol–water partition coefficient (Wildman–Crippen LogP) is 2.68. The van der Waals surface area contributed by atoms with Crippen LogP contribution in [0.4, 0.5) is 0 Å². The van der Waals surface area contributed by atoms with Crippen LogP contribution in [0.2, 0.25) is 0 Å². The molecule has 0 saturated heterocycles. The Morgan fingerprint density at radius 1 is 1.42 bits per heavy atom. The van der Waals surface area contributed by atoms with E-state index >= 15 is 0 Å². The molecule has 2 aromatic rings. The molecule has 8 heteroatoms. The number of carboxylic acids is 1. The number of nitrogens with zero attached hydrogens (tertiary/aromatic N) is 2. The second kappa shape index (κ2) is 7.57. The first kappa shape index (κ1) is 18.1. The van der Waals surface area contributed by atoms with Crippen molar-refractivity contribution in [3.63, 3.8) is 0 Å². The summed E-state index contributed by atoms with van der Waals surface area (Å²) in [5.41, 5.74) is -0.621. The van der Waals surface area contributed by atoms with Crippen molar-refractivity contribution in [2.75, 3.05) is 0 Å². The van der Waals surface area contributed by atoms with Gasteiger partial charge in [0.05, 0.1) is 5.75 Å². The van der Waals surface area contributed by atoms with E-state index in [0.717, 1.165) is 5.16 Å². The summed E-state index contributed by atoms with van der Waals surface area (Å²) in [4.78, 5) is 27.1. The lowest BCUT2D eigenvalue weighted by Crippen LogP contribution is -2.43. The normalized spacial score (nSPS) is 11.5. The van der Waals surface area contributed by atoms with Gasteiger partial charge in [-0.15, -0.1) is 0 Å². The highest BCUT2D eigenvalue weighted by Gasteiger charge is 2.23. The van der Waals surface area contributed by atoms with Gasteiger partial charge in [-0.3, -0.25) is 9.59 Å². The maximum Gasteiger partial charge on any atom is 0.303 e. The van der Waals surface area contributed by atoms with E-state index in [4.69, 9.17) is 9.52 Å². The third-order valence-electron chi connectivity index (χ3n) is 3.42. The summed E-state index contributed by atoms with van der Waals surface area (Å²) in [7, 11) is 1.91. The minimum absolute atomic E-state index is 0.00299. The van der Waals surface area contributed by atoms with Crippen LogP contribution in [0.15, 0.2) is 34.1 Å². The van der Waals surface area contributed by atoms with Gasteiger partial charge in [-0.05, 0) is 32.4 Å². The van der Waals surface area contributed by atoms with Crippen molar-refractivity contribution in [2.24, 2.45) is 7.05 Å². The predicted molar refractivity (Wildman–Crippen MR) is 89.9 cm³/mol.